The van der Waals surface area contributed by atoms with Crippen molar-refractivity contribution in [2.24, 2.45) is 0 Å². The molecule has 0 heterocycles. The highest BCUT2D eigenvalue weighted by molar-refractivity contribution is 5.74. The molecular weight excluding hydrogens is 264 g/mol. The Kier molecular flexibility index (Phi) is 6.21. The van der Waals surface area contributed by atoms with Gasteiger partial charge in [0.1, 0.15) is 0 Å². The van der Waals surface area contributed by atoms with Crippen molar-refractivity contribution in [1.29, 1.82) is 0 Å². The molecule has 2 atom stereocenters. The Hall–Kier alpha value is -1.55. The maximum Gasteiger partial charge on any atom is 0.317 e. The van der Waals surface area contributed by atoms with E-state index in [0.29, 0.717) is 0 Å². The number of hydrogen-bond donors (Lipinski definition) is 2. The van der Waals surface area contributed by atoms with E-state index in [1.54, 1.807) is 11.9 Å². The number of carbonyl (C=O) groups is 1. The van der Waals surface area contributed by atoms with Gasteiger partial charge in [-0.05, 0) is 18.9 Å². The Labute approximate surface area is 128 Å². The third kappa shape index (κ3) is 4.21. The minimum atomic E-state index is -0.192. The van der Waals surface area contributed by atoms with Gasteiger partial charge in [-0.15, -0.1) is 0 Å². The van der Waals surface area contributed by atoms with E-state index < -0.39 is 0 Å². The van der Waals surface area contributed by atoms with Gasteiger partial charge in [-0.25, -0.2) is 4.79 Å². The number of nitrogens with zero attached hydrogens (tertiary/aromatic N) is 1. The molecule has 1 aromatic rings. The number of rotatable bonds is 6. The monoisotopic (exact) mass is 292 g/mol. The lowest BCUT2D eigenvalue weighted by Crippen LogP contribution is -2.53. The Bertz CT molecular complexity index is 445. The summed E-state index contributed by atoms with van der Waals surface area (Å²) in [6.45, 7) is 8.15. The van der Waals surface area contributed by atoms with Gasteiger partial charge in [0.2, 0.25) is 0 Å². The lowest BCUT2D eigenvalue weighted by atomic mass is 9.76. The first-order valence-corrected chi connectivity index (χ1v) is 7.54. The van der Waals surface area contributed by atoms with Crippen LogP contribution in [0, 0.1) is 0 Å². The van der Waals surface area contributed by atoms with Crippen LogP contribution in [0.25, 0.3) is 0 Å². The highest BCUT2D eigenvalue weighted by atomic mass is 16.3. The van der Waals surface area contributed by atoms with Crippen LogP contribution in [-0.4, -0.2) is 41.8 Å². The third-order valence-electron chi connectivity index (χ3n) is 4.34. The number of aliphatic hydroxyl groups excluding tert-OH is 1. The van der Waals surface area contributed by atoms with E-state index in [9.17, 15) is 4.79 Å². The van der Waals surface area contributed by atoms with Crippen LogP contribution in [0.3, 0.4) is 0 Å². The van der Waals surface area contributed by atoms with Crippen LogP contribution >= 0.6 is 0 Å². The van der Waals surface area contributed by atoms with Crippen molar-refractivity contribution < 1.29 is 9.90 Å². The molecule has 2 unspecified atom stereocenters. The summed E-state index contributed by atoms with van der Waals surface area (Å²) in [6, 6.07) is 9.91. The molecule has 118 valence electrons. The molecule has 0 aliphatic heterocycles. The van der Waals surface area contributed by atoms with Crippen molar-refractivity contribution >= 4 is 6.03 Å². The standard InChI is InChI=1S/C17H28N2O2/c1-6-15(18-16(21)19(5)13(2)12-20)17(3,4)14-10-8-7-9-11-14/h7-11,13,15,20H,6,12H2,1-5H3,(H,18,21). The summed E-state index contributed by atoms with van der Waals surface area (Å²) < 4.78 is 0. The minimum absolute atomic E-state index is 0.0285. The molecule has 4 heteroatoms. The molecule has 2 N–H and O–H groups in total. The molecule has 1 rings (SSSR count). The molecular formula is C17H28N2O2. The SMILES string of the molecule is CCC(NC(=O)N(C)C(C)CO)C(C)(C)c1ccccc1. The molecule has 4 nitrogen and oxygen atoms in total. The van der Waals surface area contributed by atoms with Gasteiger partial charge in [0.05, 0.1) is 12.6 Å². The van der Waals surface area contributed by atoms with Crippen molar-refractivity contribution in [1.82, 2.24) is 10.2 Å². The number of urea groups is 1. The van der Waals surface area contributed by atoms with Gasteiger partial charge in [-0.2, -0.15) is 0 Å². The molecule has 0 aliphatic rings. The fourth-order valence-corrected chi connectivity index (χ4v) is 2.44. The average Bonchev–Trinajstić information content (AvgIpc) is 2.51. The summed E-state index contributed by atoms with van der Waals surface area (Å²) in [4.78, 5) is 13.8. The smallest absolute Gasteiger partial charge is 0.317 e. The van der Waals surface area contributed by atoms with Crippen molar-refractivity contribution in [2.45, 2.75) is 51.6 Å². The van der Waals surface area contributed by atoms with Gasteiger partial charge in [0.25, 0.3) is 0 Å². The van der Waals surface area contributed by atoms with E-state index in [-0.39, 0.29) is 30.1 Å². The zero-order valence-corrected chi connectivity index (χ0v) is 13.8. The first kappa shape index (κ1) is 17.5. The van der Waals surface area contributed by atoms with Crippen LogP contribution in [0.4, 0.5) is 4.79 Å². The summed E-state index contributed by atoms with van der Waals surface area (Å²) in [5.74, 6) is 0. The Morgan fingerprint density at radius 3 is 2.38 bits per heavy atom. The molecule has 0 aromatic heterocycles. The van der Waals surface area contributed by atoms with Gasteiger partial charge in [-0.3, -0.25) is 0 Å². The number of nitrogens with one attached hydrogen (secondary N) is 1. The molecule has 0 saturated heterocycles. The zero-order valence-electron chi connectivity index (χ0n) is 13.8. The van der Waals surface area contributed by atoms with E-state index in [1.807, 2.05) is 25.1 Å². The van der Waals surface area contributed by atoms with Crippen molar-refractivity contribution in [3.8, 4) is 0 Å². The van der Waals surface area contributed by atoms with Crippen LogP contribution in [0.5, 0.6) is 0 Å². The van der Waals surface area contributed by atoms with E-state index in [4.69, 9.17) is 5.11 Å². The van der Waals surface area contributed by atoms with E-state index in [2.05, 4.69) is 38.2 Å². The number of amides is 2. The molecule has 21 heavy (non-hydrogen) atoms. The van der Waals surface area contributed by atoms with Crippen LogP contribution in [-0.2, 0) is 5.41 Å². The molecule has 0 radical (unpaired) electrons. The van der Waals surface area contributed by atoms with Crippen LogP contribution < -0.4 is 5.32 Å². The summed E-state index contributed by atoms with van der Waals surface area (Å²) in [6.07, 6.45) is 0.842. The maximum atomic E-state index is 12.3. The summed E-state index contributed by atoms with van der Waals surface area (Å²) in [5.41, 5.74) is 1.05. The predicted octanol–water partition coefficient (Wildman–Crippen LogP) is 2.77. The fourth-order valence-electron chi connectivity index (χ4n) is 2.44. The number of carbonyl (C=O) groups excluding carboxylic acids is 1. The molecule has 0 saturated carbocycles. The number of hydrogen-bond acceptors (Lipinski definition) is 2. The highest BCUT2D eigenvalue weighted by Crippen LogP contribution is 2.28. The largest absolute Gasteiger partial charge is 0.394 e. The van der Waals surface area contributed by atoms with Crippen molar-refractivity contribution in [3.63, 3.8) is 0 Å². The van der Waals surface area contributed by atoms with Gasteiger partial charge >= 0.3 is 6.03 Å². The molecule has 0 bridgehead atoms. The van der Waals surface area contributed by atoms with Gasteiger partial charge in [-0.1, -0.05) is 51.1 Å². The van der Waals surface area contributed by atoms with E-state index >= 15 is 0 Å². The van der Waals surface area contributed by atoms with E-state index in [1.165, 1.54) is 5.56 Å². The third-order valence-corrected chi connectivity index (χ3v) is 4.34. The maximum absolute atomic E-state index is 12.3. The lowest BCUT2D eigenvalue weighted by Gasteiger charge is -2.36. The van der Waals surface area contributed by atoms with Crippen molar-refractivity contribution in [2.75, 3.05) is 13.7 Å². The van der Waals surface area contributed by atoms with Crippen molar-refractivity contribution in [3.05, 3.63) is 35.9 Å². The first-order chi connectivity index (χ1) is 9.84. The number of likely N-dealkylation sites (N-methyl/N-ethyl adjacent to an activating group) is 1. The van der Waals surface area contributed by atoms with E-state index in [0.717, 1.165) is 6.42 Å². The minimum Gasteiger partial charge on any atom is -0.394 e. The quantitative estimate of drug-likeness (QED) is 0.847. The summed E-state index contributed by atoms with van der Waals surface area (Å²) >= 11 is 0. The van der Waals surface area contributed by atoms with Gasteiger partial charge in [0, 0.05) is 18.5 Å². The average molecular weight is 292 g/mol. The molecule has 0 spiro atoms. The topological polar surface area (TPSA) is 52.6 Å². The van der Waals surface area contributed by atoms with Crippen LogP contribution in [0.15, 0.2) is 30.3 Å². The number of aliphatic hydroxyl groups is 1. The number of benzene rings is 1. The Morgan fingerprint density at radius 1 is 1.33 bits per heavy atom. The van der Waals surface area contributed by atoms with Gasteiger partial charge < -0.3 is 15.3 Å². The second-order valence-corrected chi connectivity index (χ2v) is 6.14. The highest BCUT2D eigenvalue weighted by Gasteiger charge is 2.32. The second kappa shape index (κ2) is 7.46. The zero-order chi connectivity index (χ0) is 16.0. The second-order valence-electron chi connectivity index (χ2n) is 6.14. The predicted molar refractivity (Wildman–Crippen MR) is 86.4 cm³/mol. The molecule has 1 aromatic carbocycles. The molecule has 0 aliphatic carbocycles. The van der Waals surface area contributed by atoms with Crippen LogP contribution in [0.2, 0.25) is 0 Å². The fraction of sp³-hybridized carbons (Fsp3) is 0.588. The molecule has 0 fully saturated rings. The van der Waals surface area contributed by atoms with Gasteiger partial charge in [0.15, 0.2) is 0 Å². The first-order valence-electron chi connectivity index (χ1n) is 7.54. The Morgan fingerprint density at radius 2 is 1.90 bits per heavy atom. The normalized spacial score (nSPS) is 14.4. The summed E-state index contributed by atoms with van der Waals surface area (Å²) in [7, 11) is 1.71. The Balaban J connectivity index is 2.86. The lowest BCUT2D eigenvalue weighted by molar-refractivity contribution is 0.150. The summed E-state index contributed by atoms with van der Waals surface area (Å²) in [5, 5.41) is 12.3. The molecule has 2 amide bonds. The van der Waals surface area contributed by atoms with Crippen LogP contribution in [0.1, 0.15) is 39.7 Å².